The molecule has 0 spiro atoms. The van der Waals surface area contributed by atoms with Gasteiger partial charge in [-0.05, 0) is 72.4 Å². The first kappa shape index (κ1) is 22.1. The molecule has 172 valence electrons. The summed E-state index contributed by atoms with van der Waals surface area (Å²) >= 11 is 6.43. The van der Waals surface area contributed by atoms with E-state index in [1.807, 2.05) is 30.3 Å². The number of hydrogen-bond acceptors (Lipinski definition) is 6. The van der Waals surface area contributed by atoms with E-state index >= 15 is 0 Å². The van der Waals surface area contributed by atoms with Crippen LogP contribution in [0.4, 0.5) is 0 Å². The number of benzene rings is 2. The van der Waals surface area contributed by atoms with Gasteiger partial charge in [0, 0.05) is 5.02 Å². The van der Waals surface area contributed by atoms with E-state index in [2.05, 4.69) is 0 Å². The Morgan fingerprint density at radius 1 is 0.906 bits per heavy atom. The van der Waals surface area contributed by atoms with Gasteiger partial charge in [-0.1, -0.05) is 35.9 Å². The minimum absolute atomic E-state index is 0.342. The monoisotopic (exact) mass is 460 g/mol. The normalized spacial score (nSPS) is 36.0. The number of rotatable bonds is 6. The van der Waals surface area contributed by atoms with Crippen LogP contribution < -0.4 is 4.74 Å². The summed E-state index contributed by atoms with van der Waals surface area (Å²) in [5, 5.41) is 40.6. The van der Waals surface area contributed by atoms with Gasteiger partial charge < -0.3 is 29.9 Å². The number of aliphatic hydroxyl groups excluding tert-OH is 4. The molecule has 1 aliphatic heterocycles. The van der Waals surface area contributed by atoms with Crippen molar-refractivity contribution in [1.29, 1.82) is 0 Å². The van der Waals surface area contributed by atoms with E-state index in [0.717, 1.165) is 28.7 Å². The van der Waals surface area contributed by atoms with Gasteiger partial charge in [0.2, 0.25) is 0 Å². The van der Waals surface area contributed by atoms with Crippen molar-refractivity contribution in [3.63, 3.8) is 0 Å². The molecule has 5 rings (SSSR count). The molecule has 2 aromatic rings. The lowest BCUT2D eigenvalue weighted by atomic mass is 9.90. The lowest BCUT2D eigenvalue weighted by molar-refractivity contribution is -0.231. The molecule has 32 heavy (non-hydrogen) atoms. The maximum atomic E-state index is 10.4. The lowest BCUT2D eigenvalue weighted by Gasteiger charge is -2.40. The summed E-state index contributed by atoms with van der Waals surface area (Å²) in [5.74, 6) is 2.66. The Labute approximate surface area is 192 Å². The zero-order valence-corrected chi connectivity index (χ0v) is 18.4. The topological polar surface area (TPSA) is 99.4 Å². The minimum atomic E-state index is -1.41. The first-order valence-electron chi connectivity index (χ1n) is 11.3. The van der Waals surface area contributed by atoms with Crippen LogP contribution >= 0.6 is 11.6 Å². The third-order valence-electron chi connectivity index (χ3n) is 7.11. The van der Waals surface area contributed by atoms with Crippen molar-refractivity contribution in [2.24, 2.45) is 11.8 Å². The Hall–Kier alpha value is -1.67. The van der Waals surface area contributed by atoms with Gasteiger partial charge in [0.05, 0.1) is 12.7 Å². The van der Waals surface area contributed by atoms with Gasteiger partial charge in [0.25, 0.3) is 0 Å². The van der Waals surface area contributed by atoms with E-state index in [9.17, 15) is 20.4 Å². The Morgan fingerprint density at radius 2 is 1.62 bits per heavy atom. The minimum Gasteiger partial charge on any atom is -0.490 e. The van der Waals surface area contributed by atoms with Crippen molar-refractivity contribution in [3.8, 4) is 5.75 Å². The molecule has 6 nitrogen and oxygen atoms in total. The average molecular weight is 461 g/mol. The van der Waals surface area contributed by atoms with E-state index in [1.54, 1.807) is 12.1 Å². The molecule has 2 saturated carbocycles. The molecule has 4 N–H and O–H groups in total. The van der Waals surface area contributed by atoms with Gasteiger partial charge in [-0.3, -0.25) is 0 Å². The maximum Gasteiger partial charge on any atom is 0.119 e. The summed E-state index contributed by atoms with van der Waals surface area (Å²) in [6, 6.07) is 13.3. The van der Waals surface area contributed by atoms with Crippen molar-refractivity contribution in [2.45, 2.75) is 62.3 Å². The number of ether oxygens (including phenoxy) is 2. The van der Waals surface area contributed by atoms with Gasteiger partial charge >= 0.3 is 0 Å². The fraction of sp³-hybridized carbons (Fsp3) is 0.520. The van der Waals surface area contributed by atoms with Gasteiger partial charge in [-0.2, -0.15) is 0 Å². The summed E-state index contributed by atoms with van der Waals surface area (Å²) in [6.45, 7) is -0.460. The van der Waals surface area contributed by atoms with Crippen LogP contribution in [0.15, 0.2) is 42.5 Å². The molecule has 0 bridgehead atoms. The van der Waals surface area contributed by atoms with Gasteiger partial charge in [0.15, 0.2) is 0 Å². The molecule has 1 saturated heterocycles. The van der Waals surface area contributed by atoms with Gasteiger partial charge in [-0.25, -0.2) is 0 Å². The molecule has 0 aromatic heterocycles. The Morgan fingerprint density at radius 3 is 2.31 bits per heavy atom. The second-order valence-corrected chi connectivity index (χ2v) is 9.80. The van der Waals surface area contributed by atoms with Crippen molar-refractivity contribution in [1.82, 2.24) is 0 Å². The molecule has 3 fully saturated rings. The summed E-state index contributed by atoms with van der Waals surface area (Å²) in [7, 11) is 0. The number of fused-ring (bicyclic) bond motifs is 1. The van der Waals surface area contributed by atoms with E-state index in [1.165, 1.54) is 19.3 Å². The van der Waals surface area contributed by atoms with Crippen LogP contribution in [-0.4, -0.2) is 57.6 Å². The smallest absolute Gasteiger partial charge is 0.119 e. The average Bonchev–Trinajstić information content (AvgIpc) is 3.41. The second kappa shape index (κ2) is 8.93. The van der Waals surface area contributed by atoms with Gasteiger partial charge in [0.1, 0.15) is 36.3 Å². The highest BCUT2D eigenvalue weighted by Gasteiger charge is 2.47. The van der Waals surface area contributed by atoms with Crippen molar-refractivity contribution in [2.75, 3.05) is 6.61 Å². The highest BCUT2D eigenvalue weighted by molar-refractivity contribution is 6.31. The van der Waals surface area contributed by atoms with Crippen LogP contribution in [0.3, 0.4) is 0 Å². The molecular formula is C25H29ClO6. The standard InChI is InChI=1S/C25H29ClO6/c26-20-6-3-14(25-24(30)23(29)22(28)21(12-27)32-25)8-17(20)7-13-1-4-18(5-2-13)31-19-10-15-9-16(15)11-19/h1-6,8,15-16,19,21-25,27-30H,7,9-12H2/t15-,16+,19?,21-,22-,23+,24-,25?/m1/s1. The summed E-state index contributed by atoms with van der Waals surface area (Å²) < 4.78 is 11.8. The molecule has 2 aromatic carbocycles. The van der Waals surface area contributed by atoms with Crippen LogP contribution in [0.25, 0.3) is 0 Å². The number of halogens is 1. The summed E-state index contributed by atoms with van der Waals surface area (Å²) in [4.78, 5) is 0. The molecule has 2 unspecified atom stereocenters. The SMILES string of the molecule is OC[C@H]1OC(c2ccc(Cl)c(Cc3ccc(OC4C[C@@H]5C[C@@H]5C4)cc3)c2)[C@H](O)[C@@H](O)[C@@H]1O. The van der Waals surface area contributed by atoms with Crippen LogP contribution in [0.5, 0.6) is 5.75 Å². The van der Waals surface area contributed by atoms with E-state index < -0.39 is 37.1 Å². The van der Waals surface area contributed by atoms with E-state index in [0.29, 0.717) is 23.1 Å². The molecular weight excluding hydrogens is 432 g/mol. The van der Waals surface area contributed by atoms with E-state index in [4.69, 9.17) is 21.1 Å². The third-order valence-corrected chi connectivity index (χ3v) is 7.48. The summed E-state index contributed by atoms with van der Waals surface area (Å²) in [5.41, 5.74) is 2.55. The quantitative estimate of drug-likeness (QED) is 0.529. The van der Waals surface area contributed by atoms with Crippen molar-refractivity contribution < 1.29 is 29.9 Å². The number of hydrogen-bond donors (Lipinski definition) is 4. The first-order chi connectivity index (χ1) is 15.4. The molecule has 7 heteroatoms. The Bertz CT molecular complexity index is 938. The zero-order valence-electron chi connectivity index (χ0n) is 17.7. The van der Waals surface area contributed by atoms with Crippen LogP contribution in [0, 0.1) is 11.8 Å². The number of aliphatic hydroxyl groups is 4. The fourth-order valence-corrected chi connectivity index (χ4v) is 5.32. The lowest BCUT2D eigenvalue weighted by Crippen LogP contribution is -2.55. The highest BCUT2D eigenvalue weighted by atomic mass is 35.5. The molecule has 8 atom stereocenters. The largest absolute Gasteiger partial charge is 0.490 e. The van der Waals surface area contributed by atoms with Crippen molar-refractivity contribution in [3.05, 3.63) is 64.2 Å². The highest BCUT2D eigenvalue weighted by Crippen LogP contribution is 2.52. The second-order valence-electron chi connectivity index (χ2n) is 9.39. The zero-order chi connectivity index (χ0) is 22.4. The molecule has 3 aliphatic rings. The Balaban J connectivity index is 1.28. The third kappa shape index (κ3) is 4.40. The molecule has 0 amide bonds. The van der Waals surface area contributed by atoms with Crippen LogP contribution in [-0.2, 0) is 11.2 Å². The summed E-state index contributed by atoms with van der Waals surface area (Å²) in [6.07, 6.45) is -1.30. The Kier molecular flexibility index (Phi) is 6.18. The molecule has 2 aliphatic carbocycles. The van der Waals surface area contributed by atoms with Crippen LogP contribution in [0.1, 0.15) is 42.1 Å². The van der Waals surface area contributed by atoms with E-state index in [-0.39, 0.29) is 0 Å². The van der Waals surface area contributed by atoms with Gasteiger partial charge in [-0.15, -0.1) is 0 Å². The predicted molar refractivity (Wildman–Crippen MR) is 119 cm³/mol. The molecule has 0 radical (unpaired) electrons. The fourth-order valence-electron chi connectivity index (χ4n) is 5.14. The molecule has 1 heterocycles. The van der Waals surface area contributed by atoms with Crippen LogP contribution in [0.2, 0.25) is 5.02 Å². The maximum absolute atomic E-state index is 10.4. The van der Waals surface area contributed by atoms with Crippen molar-refractivity contribution >= 4 is 11.6 Å². The predicted octanol–water partition coefficient (Wildman–Crippen LogP) is 2.62. The first-order valence-corrected chi connectivity index (χ1v) is 11.6.